The second-order valence-corrected chi connectivity index (χ2v) is 7.08. The Labute approximate surface area is 163 Å². The fraction of sp³-hybridized carbons (Fsp3) is 0.208. The Morgan fingerprint density at radius 3 is 2.29 bits per heavy atom. The van der Waals surface area contributed by atoms with Gasteiger partial charge in [-0.2, -0.15) is 0 Å². The lowest BCUT2D eigenvalue weighted by Gasteiger charge is -2.12. The highest BCUT2D eigenvalue weighted by Crippen LogP contribution is 2.35. The van der Waals surface area contributed by atoms with Gasteiger partial charge in [0, 0.05) is 5.92 Å². The quantitative estimate of drug-likeness (QED) is 0.366. The molecule has 0 heterocycles. The standard InChI is InChI=1S/C24H21F2NO/c1-16-19(9-5-10-20(16)17-7-3-2-4-8-17)15-28-27-24(18-13-14-18)23-21(25)11-6-12-22(23)26/h2-12,18H,13-15H2,1H3/b27-24+. The first kappa shape index (κ1) is 18.4. The first-order valence-corrected chi connectivity index (χ1v) is 9.43. The van der Waals surface area contributed by atoms with E-state index in [1.54, 1.807) is 0 Å². The van der Waals surface area contributed by atoms with E-state index in [0.717, 1.165) is 35.1 Å². The number of hydrogen-bond acceptors (Lipinski definition) is 2. The van der Waals surface area contributed by atoms with Crippen molar-refractivity contribution in [2.24, 2.45) is 11.1 Å². The van der Waals surface area contributed by atoms with Crippen LogP contribution >= 0.6 is 0 Å². The normalized spacial score (nSPS) is 14.2. The lowest BCUT2D eigenvalue weighted by molar-refractivity contribution is 0.129. The predicted octanol–water partition coefficient (Wildman–Crippen LogP) is 6.27. The van der Waals surface area contributed by atoms with Crippen LogP contribution in [0.15, 0.2) is 71.9 Å². The van der Waals surface area contributed by atoms with Crippen LogP contribution in [-0.4, -0.2) is 5.71 Å². The van der Waals surface area contributed by atoms with Gasteiger partial charge < -0.3 is 4.84 Å². The summed E-state index contributed by atoms with van der Waals surface area (Å²) in [6.07, 6.45) is 1.75. The molecule has 0 atom stereocenters. The minimum atomic E-state index is -0.600. The summed E-state index contributed by atoms with van der Waals surface area (Å²) in [5.74, 6) is -1.14. The largest absolute Gasteiger partial charge is 0.391 e. The first-order valence-electron chi connectivity index (χ1n) is 9.43. The van der Waals surface area contributed by atoms with Gasteiger partial charge in [-0.15, -0.1) is 0 Å². The van der Waals surface area contributed by atoms with Gasteiger partial charge in [0.2, 0.25) is 0 Å². The maximum absolute atomic E-state index is 14.2. The van der Waals surface area contributed by atoms with Gasteiger partial charge in [-0.05, 0) is 54.2 Å². The van der Waals surface area contributed by atoms with E-state index in [1.807, 2.05) is 37.3 Å². The van der Waals surface area contributed by atoms with Gasteiger partial charge in [0.05, 0.1) is 11.3 Å². The SMILES string of the molecule is Cc1c(CO/N=C(/c2c(F)cccc2F)C2CC2)cccc1-c1ccccc1. The Morgan fingerprint density at radius 2 is 1.61 bits per heavy atom. The van der Waals surface area contributed by atoms with Crippen LogP contribution in [0.3, 0.4) is 0 Å². The average molecular weight is 377 g/mol. The van der Waals surface area contributed by atoms with Gasteiger partial charge in [-0.1, -0.05) is 59.8 Å². The van der Waals surface area contributed by atoms with Gasteiger partial charge in [0.1, 0.15) is 18.2 Å². The number of halogens is 2. The number of benzene rings is 3. The van der Waals surface area contributed by atoms with Crippen LogP contribution in [-0.2, 0) is 11.4 Å². The van der Waals surface area contributed by atoms with E-state index < -0.39 is 11.6 Å². The van der Waals surface area contributed by atoms with Gasteiger partial charge >= 0.3 is 0 Å². The summed E-state index contributed by atoms with van der Waals surface area (Å²) in [7, 11) is 0. The highest BCUT2D eigenvalue weighted by molar-refractivity contribution is 6.03. The average Bonchev–Trinajstić information content (AvgIpc) is 3.53. The Hall–Kier alpha value is -3.01. The third-order valence-electron chi connectivity index (χ3n) is 5.10. The maximum Gasteiger partial charge on any atom is 0.142 e. The molecule has 0 spiro atoms. The maximum atomic E-state index is 14.2. The monoisotopic (exact) mass is 377 g/mol. The molecular weight excluding hydrogens is 356 g/mol. The van der Waals surface area contributed by atoms with Crippen molar-refractivity contribution in [1.82, 2.24) is 0 Å². The topological polar surface area (TPSA) is 21.6 Å². The predicted molar refractivity (Wildman–Crippen MR) is 107 cm³/mol. The molecule has 0 aliphatic heterocycles. The zero-order chi connectivity index (χ0) is 19.5. The highest BCUT2D eigenvalue weighted by atomic mass is 19.1. The van der Waals surface area contributed by atoms with E-state index in [2.05, 4.69) is 23.4 Å². The number of nitrogens with zero attached hydrogens (tertiary/aromatic N) is 1. The lowest BCUT2D eigenvalue weighted by Crippen LogP contribution is -2.10. The minimum Gasteiger partial charge on any atom is -0.391 e. The molecule has 1 aliphatic rings. The van der Waals surface area contributed by atoms with Crippen LogP contribution in [0.25, 0.3) is 11.1 Å². The molecule has 0 N–H and O–H groups in total. The van der Waals surface area contributed by atoms with E-state index in [0.29, 0.717) is 5.71 Å². The molecule has 4 rings (SSSR count). The van der Waals surface area contributed by atoms with E-state index in [1.165, 1.54) is 18.2 Å². The Balaban J connectivity index is 1.57. The molecule has 0 radical (unpaired) electrons. The van der Waals surface area contributed by atoms with Gasteiger partial charge in [-0.3, -0.25) is 0 Å². The summed E-state index contributed by atoms with van der Waals surface area (Å²) in [5.41, 5.74) is 4.67. The van der Waals surface area contributed by atoms with Crippen molar-refractivity contribution < 1.29 is 13.6 Å². The molecule has 1 fully saturated rings. The molecule has 142 valence electrons. The van der Waals surface area contributed by atoms with E-state index >= 15 is 0 Å². The fourth-order valence-corrected chi connectivity index (χ4v) is 3.37. The van der Waals surface area contributed by atoms with Crippen LogP contribution in [0, 0.1) is 24.5 Å². The summed E-state index contributed by atoms with van der Waals surface area (Å²) >= 11 is 0. The summed E-state index contributed by atoms with van der Waals surface area (Å²) in [5, 5.41) is 4.15. The van der Waals surface area contributed by atoms with Crippen molar-refractivity contribution in [3.8, 4) is 11.1 Å². The summed E-state index contributed by atoms with van der Waals surface area (Å²) in [4.78, 5) is 5.57. The third kappa shape index (κ3) is 3.81. The molecule has 2 nitrogen and oxygen atoms in total. The van der Waals surface area contributed by atoms with Crippen LogP contribution in [0.5, 0.6) is 0 Å². The van der Waals surface area contributed by atoms with Crippen molar-refractivity contribution in [2.45, 2.75) is 26.4 Å². The summed E-state index contributed by atoms with van der Waals surface area (Å²) < 4.78 is 28.3. The van der Waals surface area contributed by atoms with Crippen molar-refractivity contribution in [3.05, 3.63) is 95.1 Å². The molecule has 0 aromatic heterocycles. The van der Waals surface area contributed by atoms with Gasteiger partial charge in [0.25, 0.3) is 0 Å². The van der Waals surface area contributed by atoms with E-state index in [4.69, 9.17) is 4.84 Å². The molecule has 1 aliphatic carbocycles. The third-order valence-corrected chi connectivity index (χ3v) is 5.10. The van der Waals surface area contributed by atoms with Crippen molar-refractivity contribution >= 4 is 5.71 Å². The fourth-order valence-electron chi connectivity index (χ4n) is 3.37. The van der Waals surface area contributed by atoms with Gasteiger partial charge in [-0.25, -0.2) is 8.78 Å². The number of rotatable bonds is 6. The molecular formula is C24H21F2NO. The molecule has 0 saturated heterocycles. The molecule has 0 amide bonds. The Bertz CT molecular complexity index is 990. The Kier molecular flexibility index (Phi) is 5.20. The van der Waals surface area contributed by atoms with E-state index in [-0.39, 0.29) is 18.1 Å². The molecule has 0 bridgehead atoms. The zero-order valence-corrected chi connectivity index (χ0v) is 15.7. The van der Waals surface area contributed by atoms with Crippen LogP contribution in [0.4, 0.5) is 8.78 Å². The molecule has 0 unspecified atom stereocenters. The van der Waals surface area contributed by atoms with Crippen molar-refractivity contribution in [3.63, 3.8) is 0 Å². The van der Waals surface area contributed by atoms with E-state index in [9.17, 15) is 8.78 Å². The molecule has 4 heteroatoms. The minimum absolute atomic E-state index is 0.0585. The van der Waals surface area contributed by atoms with Crippen molar-refractivity contribution in [2.75, 3.05) is 0 Å². The zero-order valence-electron chi connectivity index (χ0n) is 15.7. The van der Waals surface area contributed by atoms with Crippen LogP contribution in [0.2, 0.25) is 0 Å². The second-order valence-electron chi connectivity index (χ2n) is 7.08. The number of oxime groups is 1. The van der Waals surface area contributed by atoms with Gasteiger partial charge in [0.15, 0.2) is 0 Å². The van der Waals surface area contributed by atoms with Crippen LogP contribution in [0.1, 0.15) is 29.5 Å². The smallest absolute Gasteiger partial charge is 0.142 e. The second kappa shape index (κ2) is 7.93. The highest BCUT2D eigenvalue weighted by Gasteiger charge is 2.32. The summed E-state index contributed by atoms with van der Waals surface area (Å²) in [6.45, 7) is 2.29. The molecule has 3 aromatic carbocycles. The lowest BCUT2D eigenvalue weighted by atomic mass is 9.97. The van der Waals surface area contributed by atoms with Crippen LogP contribution < -0.4 is 0 Å². The first-order chi connectivity index (χ1) is 13.6. The number of hydrogen-bond donors (Lipinski definition) is 0. The molecule has 3 aromatic rings. The molecule has 28 heavy (non-hydrogen) atoms. The Morgan fingerprint density at radius 1 is 0.929 bits per heavy atom. The summed E-state index contributed by atoms with van der Waals surface area (Å²) in [6, 6.07) is 20.0. The molecule has 1 saturated carbocycles. The van der Waals surface area contributed by atoms with Crippen molar-refractivity contribution in [1.29, 1.82) is 0 Å².